The van der Waals surface area contributed by atoms with Crippen LogP contribution in [0.25, 0.3) is 11.0 Å². The van der Waals surface area contributed by atoms with Crippen LogP contribution in [0.2, 0.25) is 5.22 Å². The van der Waals surface area contributed by atoms with Gasteiger partial charge in [-0.1, -0.05) is 43.3 Å². The molecule has 0 bridgehead atoms. The number of benzene rings is 2. The molecular formula is C21H20ClN3O. The quantitative estimate of drug-likeness (QED) is 0.490. The van der Waals surface area contributed by atoms with E-state index in [1.807, 2.05) is 12.1 Å². The van der Waals surface area contributed by atoms with Crippen molar-refractivity contribution in [1.29, 1.82) is 0 Å². The summed E-state index contributed by atoms with van der Waals surface area (Å²) in [6.07, 6.45) is 0.995. The van der Waals surface area contributed by atoms with E-state index in [0.717, 1.165) is 35.7 Å². The summed E-state index contributed by atoms with van der Waals surface area (Å²) < 4.78 is 7.64. The van der Waals surface area contributed by atoms with Crippen LogP contribution < -0.4 is 5.32 Å². The largest absolute Gasteiger partial charge is 0.448 e. The number of aryl methyl sites for hydroxylation is 1. The lowest BCUT2D eigenvalue weighted by atomic mass is 10.1. The number of rotatable bonds is 6. The second-order valence-electron chi connectivity index (χ2n) is 6.24. The van der Waals surface area contributed by atoms with Crippen molar-refractivity contribution in [1.82, 2.24) is 9.55 Å². The standard InChI is InChI=1S/C21H20ClN3O/c1-2-15-8-10-19-18(12-15)24-21(23-13-17-9-11-20(22)26-17)25(19)14-16-6-4-3-5-7-16/h3-12H,2,13-14H2,1H3,(H,23,24). The average Bonchev–Trinajstić information content (AvgIpc) is 3.24. The van der Waals surface area contributed by atoms with Gasteiger partial charge in [0.15, 0.2) is 5.22 Å². The minimum absolute atomic E-state index is 0.396. The number of hydrogen-bond donors (Lipinski definition) is 1. The average molecular weight is 366 g/mol. The van der Waals surface area contributed by atoms with Crippen molar-refractivity contribution in [3.63, 3.8) is 0 Å². The molecule has 0 spiro atoms. The van der Waals surface area contributed by atoms with Gasteiger partial charge < -0.3 is 14.3 Å². The summed E-state index contributed by atoms with van der Waals surface area (Å²) in [7, 11) is 0. The molecule has 0 radical (unpaired) electrons. The van der Waals surface area contributed by atoms with Crippen LogP contribution in [0.5, 0.6) is 0 Å². The molecule has 0 unspecified atom stereocenters. The first-order valence-electron chi connectivity index (χ1n) is 8.74. The Balaban J connectivity index is 1.70. The van der Waals surface area contributed by atoms with E-state index < -0.39 is 0 Å². The third-order valence-electron chi connectivity index (χ3n) is 4.45. The minimum atomic E-state index is 0.396. The molecule has 0 fully saturated rings. The number of nitrogens with zero attached hydrogens (tertiary/aromatic N) is 2. The molecule has 2 heterocycles. The molecule has 132 valence electrons. The number of halogens is 1. The number of aromatic nitrogens is 2. The van der Waals surface area contributed by atoms with Crippen molar-refractivity contribution in [2.45, 2.75) is 26.4 Å². The fourth-order valence-electron chi connectivity index (χ4n) is 3.07. The molecule has 4 rings (SSSR count). The van der Waals surface area contributed by atoms with Crippen LogP contribution in [-0.2, 0) is 19.5 Å². The summed E-state index contributed by atoms with van der Waals surface area (Å²) in [4.78, 5) is 4.82. The van der Waals surface area contributed by atoms with Crippen molar-refractivity contribution in [2.75, 3.05) is 5.32 Å². The molecule has 0 saturated heterocycles. The Morgan fingerprint density at radius 3 is 2.62 bits per heavy atom. The maximum absolute atomic E-state index is 5.86. The predicted octanol–water partition coefficient (Wildman–Crippen LogP) is 5.51. The molecule has 0 aliphatic heterocycles. The highest BCUT2D eigenvalue weighted by Crippen LogP contribution is 2.24. The van der Waals surface area contributed by atoms with Crippen molar-refractivity contribution < 1.29 is 4.42 Å². The van der Waals surface area contributed by atoms with Gasteiger partial charge in [0.25, 0.3) is 0 Å². The first kappa shape index (κ1) is 16.7. The lowest BCUT2D eigenvalue weighted by molar-refractivity contribution is 0.519. The fraction of sp³-hybridized carbons (Fsp3) is 0.190. The number of furan rings is 1. The highest BCUT2D eigenvalue weighted by molar-refractivity contribution is 6.28. The van der Waals surface area contributed by atoms with Crippen LogP contribution in [-0.4, -0.2) is 9.55 Å². The zero-order valence-corrected chi connectivity index (χ0v) is 15.3. The van der Waals surface area contributed by atoms with E-state index in [1.54, 1.807) is 6.07 Å². The van der Waals surface area contributed by atoms with E-state index in [4.69, 9.17) is 21.0 Å². The van der Waals surface area contributed by atoms with Gasteiger partial charge in [-0.05, 0) is 53.4 Å². The first-order valence-corrected chi connectivity index (χ1v) is 9.12. The molecule has 4 nitrogen and oxygen atoms in total. The molecule has 0 aliphatic rings. The van der Waals surface area contributed by atoms with Gasteiger partial charge in [0.1, 0.15) is 5.76 Å². The number of fused-ring (bicyclic) bond motifs is 1. The van der Waals surface area contributed by atoms with E-state index in [-0.39, 0.29) is 0 Å². The Morgan fingerprint density at radius 2 is 1.88 bits per heavy atom. The highest BCUT2D eigenvalue weighted by atomic mass is 35.5. The smallest absolute Gasteiger partial charge is 0.204 e. The van der Waals surface area contributed by atoms with Crippen LogP contribution in [0, 0.1) is 0 Å². The Morgan fingerprint density at radius 1 is 1.04 bits per heavy atom. The Kier molecular flexibility index (Phi) is 4.67. The van der Waals surface area contributed by atoms with Crippen LogP contribution in [0.15, 0.2) is 65.1 Å². The Labute approximate surface area is 157 Å². The molecule has 2 aromatic heterocycles. The zero-order chi connectivity index (χ0) is 17.9. The fourth-order valence-corrected chi connectivity index (χ4v) is 3.23. The molecule has 0 atom stereocenters. The highest BCUT2D eigenvalue weighted by Gasteiger charge is 2.12. The van der Waals surface area contributed by atoms with Gasteiger partial charge in [-0.2, -0.15) is 0 Å². The van der Waals surface area contributed by atoms with Crippen LogP contribution >= 0.6 is 11.6 Å². The third-order valence-corrected chi connectivity index (χ3v) is 4.66. The van der Waals surface area contributed by atoms with E-state index in [1.165, 1.54) is 11.1 Å². The monoisotopic (exact) mass is 365 g/mol. The number of anilines is 1. The Bertz CT molecular complexity index is 1020. The first-order chi connectivity index (χ1) is 12.7. The zero-order valence-electron chi connectivity index (χ0n) is 14.6. The normalized spacial score (nSPS) is 11.2. The third kappa shape index (κ3) is 3.46. The van der Waals surface area contributed by atoms with E-state index >= 15 is 0 Å². The number of nitrogens with one attached hydrogen (secondary N) is 1. The van der Waals surface area contributed by atoms with Gasteiger partial charge in [0.05, 0.1) is 24.1 Å². The number of hydrogen-bond acceptors (Lipinski definition) is 3. The van der Waals surface area contributed by atoms with Gasteiger partial charge in [0, 0.05) is 0 Å². The second-order valence-corrected chi connectivity index (χ2v) is 6.62. The van der Waals surface area contributed by atoms with Crippen molar-refractivity contribution >= 4 is 28.6 Å². The SMILES string of the molecule is CCc1ccc2c(c1)nc(NCc1ccc(Cl)o1)n2Cc1ccccc1. The topological polar surface area (TPSA) is 43.0 Å². The lowest BCUT2D eigenvalue weighted by Crippen LogP contribution is -2.08. The molecule has 26 heavy (non-hydrogen) atoms. The molecule has 0 saturated carbocycles. The summed E-state index contributed by atoms with van der Waals surface area (Å²) in [5.74, 6) is 1.60. The molecule has 0 aliphatic carbocycles. The molecular weight excluding hydrogens is 346 g/mol. The second kappa shape index (κ2) is 7.26. The summed E-state index contributed by atoms with van der Waals surface area (Å²) in [6.45, 7) is 3.44. The van der Waals surface area contributed by atoms with Gasteiger partial charge in [-0.3, -0.25) is 0 Å². The van der Waals surface area contributed by atoms with Crippen molar-refractivity contribution in [3.05, 3.63) is 82.8 Å². The van der Waals surface area contributed by atoms with Gasteiger partial charge in [0.2, 0.25) is 5.95 Å². The summed E-state index contributed by atoms with van der Waals surface area (Å²) >= 11 is 5.86. The summed E-state index contributed by atoms with van der Waals surface area (Å²) in [5.41, 5.74) is 4.63. The van der Waals surface area contributed by atoms with E-state index in [0.29, 0.717) is 11.8 Å². The van der Waals surface area contributed by atoms with Crippen LogP contribution in [0.3, 0.4) is 0 Å². The van der Waals surface area contributed by atoms with E-state index in [9.17, 15) is 0 Å². The Hall–Kier alpha value is -2.72. The van der Waals surface area contributed by atoms with Crippen LogP contribution in [0.4, 0.5) is 5.95 Å². The molecule has 1 N–H and O–H groups in total. The molecule has 2 aromatic carbocycles. The van der Waals surface area contributed by atoms with E-state index in [2.05, 4.69) is 59.3 Å². The maximum atomic E-state index is 5.86. The minimum Gasteiger partial charge on any atom is -0.448 e. The van der Waals surface area contributed by atoms with Gasteiger partial charge in [-0.15, -0.1) is 0 Å². The summed E-state index contributed by atoms with van der Waals surface area (Å²) in [5, 5.41) is 3.79. The lowest BCUT2D eigenvalue weighted by Gasteiger charge is -2.10. The molecule has 4 aromatic rings. The van der Waals surface area contributed by atoms with Crippen molar-refractivity contribution in [2.24, 2.45) is 0 Å². The van der Waals surface area contributed by atoms with Crippen molar-refractivity contribution in [3.8, 4) is 0 Å². The summed E-state index contributed by atoms with van der Waals surface area (Å²) in [6, 6.07) is 20.5. The number of imidazole rings is 1. The molecule has 0 amide bonds. The van der Waals surface area contributed by atoms with Gasteiger partial charge in [-0.25, -0.2) is 4.98 Å². The predicted molar refractivity (Wildman–Crippen MR) is 106 cm³/mol. The maximum Gasteiger partial charge on any atom is 0.204 e. The van der Waals surface area contributed by atoms with Gasteiger partial charge >= 0.3 is 0 Å². The van der Waals surface area contributed by atoms with Crippen LogP contribution in [0.1, 0.15) is 23.8 Å². The molecule has 5 heteroatoms.